The van der Waals surface area contributed by atoms with E-state index in [9.17, 15) is 18.4 Å². The number of benzene rings is 1. The quantitative estimate of drug-likeness (QED) is 0.632. The highest BCUT2D eigenvalue weighted by atomic mass is 19.3. The third kappa shape index (κ3) is 3.95. The molecule has 1 fully saturated rings. The molecule has 0 amide bonds. The van der Waals surface area contributed by atoms with Crippen LogP contribution in [-0.4, -0.2) is 43.5 Å². The van der Waals surface area contributed by atoms with Gasteiger partial charge in [0.15, 0.2) is 0 Å². The third-order valence-electron chi connectivity index (χ3n) is 5.30. The number of alkyl halides is 2. The van der Waals surface area contributed by atoms with E-state index in [0.717, 1.165) is 24.0 Å². The Labute approximate surface area is 165 Å². The molecule has 1 atom stereocenters. The number of hydrogen-bond donors (Lipinski definition) is 0. The molecule has 1 aliphatic heterocycles. The van der Waals surface area contributed by atoms with Gasteiger partial charge in [-0.1, -0.05) is 12.1 Å². The van der Waals surface area contributed by atoms with Crippen LogP contribution in [-0.2, 0) is 13.1 Å². The summed E-state index contributed by atoms with van der Waals surface area (Å²) in [6.45, 7) is 1.07. The second kappa shape index (κ2) is 8.20. The van der Waals surface area contributed by atoms with E-state index in [0.29, 0.717) is 29.8 Å². The molecular weight excluding hydrogens is 380 g/mol. The molecule has 0 radical (unpaired) electrons. The molecule has 4 rings (SSSR count). The Kier molecular flexibility index (Phi) is 5.48. The van der Waals surface area contributed by atoms with E-state index in [1.54, 1.807) is 41.2 Å². The molecule has 1 saturated heterocycles. The molecule has 0 aliphatic carbocycles. The molecule has 3 aromatic rings. The molecule has 0 N–H and O–H groups in total. The van der Waals surface area contributed by atoms with Crippen molar-refractivity contribution in [3.05, 3.63) is 69.4 Å². The zero-order valence-corrected chi connectivity index (χ0v) is 15.7. The number of rotatable bonds is 6. The average molecular weight is 401 g/mol. The van der Waals surface area contributed by atoms with E-state index in [1.165, 1.54) is 6.20 Å². The number of para-hydroxylation sites is 1. The summed E-state index contributed by atoms with van der Waals surface area (Å²) in [4.78, 5) is 35.3. The van der Waals surface area contributed by atoms with Gasteiger partial charge in [-0.25, -0.2) is 13.8 Å². The van der Waals surface area contributed by atoms with Crippen molar-refractivity contribution in [1.29, 1.82) is 0 Å². The maximum absolute atomic E-state index is 13.2. The van der Waals surface area contributed by atoms with Crippen LogP contribution in [0.25, 0.3) is 10.9 Å². The fraction of sp³-hybridized carbons (Fsp3) is 0.400. The molecule has 1 unspecified atom stereocenters. The van der Waals surface area contributed by atoms with Crippen LogP contribution in [0.4, 0.5) is 8.78 Å². The summed E-state index contributed by atoms with van der Waals surface area (Å²) >= 11 is 0. The molecule has 1 aliphatic rings. The maximum Gasteiger partial charge on any atom is 0.269 e. The number of hydrogen-bond acceptors (Lipinski definition) is 5. The van der Waals surface area contributed by atoms with Gasteiger partial charge in [0.05, 0.1) is 29.7 Å². The van der Waals surface area contributed by atoms with Crippen molar-refractivity contribution in [2.24, 2.45) is 0 Å². The molecule has 9 heteroatoms. The van der Waals surface area contributed by atoms with Gasteiger partial charge >= 0.3 is 0 Å². The van der Waals surface area contributed by atoms with Crippen molar-refractivity contribution in [3.8, 4) is 0 Å². The van der Waals surface area contributed by atoms with E-state index < -0.39 is 18.5 Å². The third-order valence-corrected chi connectivity index (χ3v) is 5.30. The molecule has 0 spiro atoms. The molecule has 1 aromatic carbocycles. The first-order chi connectivity index (χ1) is 14.0. The van der Waals surface area contributed by atoms with E-state index >= 15 is 0 Å². The molecule has 0 saturated carbocycles. The van der Waals surface area contributed by atoms with Gasteiger partial charge in [-0.2, -0.15) is 0 Å². The standard InChI is InChI=1S/C20H21F2N5O2/c21-17(22)13-27-19(24-15-5-2-1-4-14(15)20(27)29)16-6-3-8-25(16)10-11-26-9-7-23-12-18(26)28/h1-2,4-5,7,9,12,16-17H,3,6,8,10-11,13H2. The minimum Gasteiger partial charge on any atom is -0.311 e. The maximum atomic E-state index is 13.2. The fourth-order valence-corrected chi connectivity index (χ4v) is 3.93. The van der Waals surface area contributed by atoms with Crippen molar-refractivity contribution in [2.75, 3.05) is 13.1 Å². The summed E-state index contributed by atoms with van der Waals surface area (Å²) in [5.74, 6) is 0.369. The lowest BCUT2D eigenvalue weighted by atomic mass is 10.1. The number of fused-ring (bicyclic) bond motifs is 1. The summed E-state index contributed by atoms with van der Waals surface area (Å²) in [5, 5.41) is 0.338. The highest BCUT2D eigenvalue weighted by Gasteiger charge is 2.30. The largest absolute Gasteiger partial charge is 0.311 e. The zero-order valence-electron chi connectivity index (χ0n) is 15.7. The lowest BCUT2D eigenvalue weighted by Gasteiger charge is -2.26. The molecule has 0 bridgehead atoms. The highest BCUT2D eigenvalue weighted by molar-refractivity contribution is 5.77. The van der Waals surface area contributed by atoms with Crippen molar-refractivity contribution in [3.63, 3.8) is 0 Å². The first-order valence-electron chi connectivity index (χ1n) is 9.56. The minimum atomic E-state index is -2.65. The van der Waals surface area contributed by atoms with Crippen LogP contribution in [0.15, 0.2) is 52.4 Å². The predicted molar refractivity (Wildman–Crippen MR) is 104 cm³/mol. The van der Waals surface area contributed by atoms with Crippen LogP contribution < -0.4 is 11.1 Å². The van der Waals surface area contributed by atoms with Gasteiger partial charge in [0.1, 0.15) is 5.82 Å². The van der Waals surface area contributed by atoms with E-state index in [1.807, 2.05) is 0 Å². The monoisotopic (exact) mass is 401 g/mol. The van der Waals surface area contributed by atoms with Crippen LogP contribution in [0.5, 0.6) is 0 Å². The first kappa shape index (κ1) is 19.4. The number of nitrogens with zero attached hydrogens (tertiary/aromatic N) is 5. The van der Waals surface area contributed by atoms with Gasteiger partial charge < -0.3 is 4.57 Å². The van der Waals surface area contributed by atoms with Crippen LogP contribution in [0.2, 0.25) is 0 Å². The van der Waals surface area contributed by atoms with Crippen molar-refractivity contribution in [2.45, 2.75) is 38.4 Å². The topological polar surface area (TPSA) is 73.0 Å². The van der Waals surface area contributed by atoms with Crippen LogP contribution in [0.1, 0.15) is 24.7 Å². The van der Waals surface area contributed by atoms with Crippen molar-refractivity contribution < 1.29 is 8.78 Å². The van der Waals surface area contributed by atoms with Gasteiger partial charge in [-0.05, 0) is 31.5 Å². The van der Waals surface area contributed by atoms with Gasteiger partial charge in [-0.15, -0.1) is 0 Å². The normalized spacial score (nSPS) is 17.4. The Balaban J connectivity index is 1.69. The number of halogens is 2. The summed E-state index contributed by atoms with van der Waals surface area (Å²) in [5.41, 5.74) is -0.125. The summed E-state index contributed by atoms with van der Waals surface area (Å²) in [7, 11) is 0. The lowest BCUT2D eigenvalue weighted by Crippen LogP contribution is -2.35. The Hall–Kier alpha value is -2.94. The summed E-state index contributed by atoms with van der Waals surface area (Å²) < 4.78 is 29.1. The van der Waals surface area contributed by atoms with Crippen molar-refractivity contribution in [1.82, 2.24) is 24.0 Å². The Morgan fingerprint density at radius 1 is 1.17 bits per heavy atom. The average Bonchev–Trinajstić information content (AvgIpc) is 3.17. The summed E-state index contributed by atoms with van der Waals surface area (Å²) in [6.07, 6.45) is 3.36. The predicted octanol–water partition coefficient (Wildman–Crippen LogP) is 2.06. The molecular formula is C20H21F2N5O2. The van der Waals surface area contributed by atoms with Gasteiger partial charge in [0, 0.05) is 25.5 Å². The Morgan fingerprint density at radius 3 is 2.79 bits per heavy atom. The van der Waals surface area contributed by atoms with Gasteiger partial charge in [0.25, 0.3) is 17.5 Å². The molecule has 3 heterocycles. The van der Waals surface area contributed by atoms with Crippen molar-refractivity contribution >= 4 is 10.9 Å². The van der Waals surface area contributed by atoms with E-state index in [2.05, 4.69) is 14.9 Å². The number of aromatic nitrogens is 4. The van der Waals surface area contributed by atoms with Crippen LogP contribution >= 0.6 is 0 Å². The SMILES string of the molecule is O=c1cnccn1CCN1CCCC1c1nc2ccccc2c(=O)n1CC(F)F. The highest BCUT2D eigenvalue weighted by Crippen LogP contribution is 2.31. The Morgan fingerprint density at radius 2 is 2.00 bits per heavy atom. The smallest absolute Gasteiger partial charge is 0.269 e. The van der Waals surface area contributed by atoms with E-state index in [-0.39, 0.29) is 11.6 Å². The van der Waals surface area contributed by atoms with Crippen LogP contribution in [0, 0.1) is 0 Å². The van der Waals surface area contributed by atoms with Gasteiger partial charge in [0.2, 0.25) is 0 Å². The molecule has 7 nitrogen and oxygen atoms in total. The molecule has 29 heavy (non-hydrogen) atoms. The second-order valence-electron chi connectivity index (χ2n) is 7.10. The zero-order chi connectivity index (χ0) is 20.4. The fourth-order valence-electron chi connectivity index (χ4n) is 3.93. The molecule has 152 valence electrons. The first-order valence-corrected chi connectivity index (χ1v) is 9.56. The second-order valence-corrected chi connectivity index (χ2v) is 7.10. The number of likely N-dealkylation sites (tertiary alicyclic amines) is 1. The minimum absolute atomic E-state index is 0.193. The van der Waals surface area contributed by atoms with Crippen LogP contribution in [0.3, 0.4) is 0 Å². The molecule has 2 aromatic heterocycles. The summed E-state index contributed by atoms with van der Waals surface area (Å²) in [6, 6.07) is 6.56. The van der Waals surface area contributed by atoms with Gasteiger partial charge in [-0.3, -0.25) is 24.0 Å². The Bertz CT molecular complexity index is 1130. The lowest BCUT2D eigenvalue weighted by molar-refractivity contribution is 0.120. The van der Waals surface area contributed by atoms with E-state index in [4.69, 9.17) is 0 Å².